The van der Waals surface area contributed by atoms with Crippen molar-refractivity contribution < 1.29 is 61.9 Å². The highest BCUT2D eigenvalue weighted by atomic mass is 16.6. The van der Waals surface area contributed by atoms with Gasteiger partial charge in [0.05, 0.1) is 33.0 Å². The van der Waals surface area contributed by atoms with Gasteiger partial charge in [0.1, 0.15) is 18.8 Å². The molecule has 96 heavy (non-hydrogen) atoms. The monoisotopic (exact) mass is 1360 g/mol. The van der Waals surface area contributed by atoms with Crippen LogP contribution >= 0.6 is 0 Å². The van der Waals surface area contributed by atoms with Gasteiger partial charge in [-0.05, 0) is 172 Å². The molecule has 8 fully saturated rings. The highest BCUT2D eigenvalue weighted by molar-refractivity contribution is 5.70. The zero-order valence-electron chi connectivity index (χ0n) is 64.7. The van der Waals surface area contributed by atoms with Crippen molar-refractivity contribution in [2.75, 3.05) is 118 Å². The molecule has 1 saturated carbocycles. The van der Waals surface area contributed by atoms with E-state index in [1.54, 1.807) is 4.90 Å². The van der Waals surface area contributed by atoms with E-state index in [4.69, 9.17) is 39.6 Å². The number of hydrogen-bond acceptors (Lipinski definition) is 13. The molecule has 8 aliphatic rings. The number of rotatable bonds is 8. The lowest BCUT2D eigenvalue weighted by Gasteiger charge is -2.39. The molecular weight excluding hydrogens is 1220 g/mol. The molecule has 0 aromatic heterocycles. The molecule has 19 heteroatoms. The van der Waals surface area contributed by atoms with Crippen LogP contribution in [0.5, 0.6) is 0 Å². The summed E-state index contributed by atoms with van der Waals surface area (Å²) in [6, 6.07) is 0. The number of carbonyl (C=O) groups is 6. The van der Waals surface area contributed by atoms with Crippen molar-refractivity contribution in [1.82, 2.24) is 29.4 Å². The lowest BCUT2D eigenvalue weighted by atomic mass is 9.75. The topological polar surface area (TPSA) is 186 Å². The van der Waals surface area contributed by atoms with Crippen LogP contribution in [-0.2, 0) is 33.2 Å². The zero-order valence-corrected chi connectivity index (χ0v) is 64.7. The third kappa shape index (κ3) is 31.1. The molecule has 7 aliphatic heterocycles. The maximum atomic E-state index is 12.0. The predicted molar refractivity (Wildman–Crippen MR) is 384 cm³/mol. The van der Waals surface area contributed by atoms with Gasteiger partial charge in [0.15, 0.2) is 0 Å². The predicted octanol–water partition coefficient (Wildman–Crippen LogP) is 17.3. The van der Waals surface area contributed by atoms with Crippen LogP contribution in [0, 0.1) is 80.3 Å². The molecule has 0 bridgehead atoms. The van der Waals surface area contributed by atoms with Crippen LogP contribution in [0.3, 0.4) is 0 Å². The molecule has 6 amide bonds. The third-order valence-electron chi connectivity index (χ3n) is 21.2. The first-order valence-electron chi connectivity index (χ1n) is 37.3. The van der Waals surface area contributed by atoms with Gasteiger partial charge in [0.2, 0.25) is 0 Å². The van der Waals surface area contributed by atoms with E-state index in [-0.39, 0.29) is 48.8 Å². The molecule has 8 rings (SSSR count). The van der Waals surface area contributed by atoms with Crippen molar-refractivity contribution >= 4 is 36.6 Å². The SMILES string of the molecule is C#CCCOC(=O)N1CCC(C(C)(C)C)CC1.CC(C)(C)C1CCN(C(=O)OC2CCC2)CC1.CC(C)(C)C1CCN(C(=O)OC2CCOC2)CC1.CCCOC(=O)N1CCC(C(C)(C)C)C1.CCOC(=O)N1CCC(C(C)(C)C)C1.CCOC(=O)N1CCC(C(C)(C)C)CC1. The molecule has 7 saturated heterocycles. The number of amides is 6. The molecular formula is C77H140N6O13. The molecule has 0 aromatic carbocycles. The standard InChI is InChI=1S/C14H25NO3.C14H25NO2.C14H23NO2.2C12H23NO2.C11H21NO2/c1-14(2,3)11-4-7-15(8-5-11)13(16)18-12-6-9-17-10-12;1-14(2,3)11-7-9-15(10-8-11)13(16)17-12-5-4-6-12;1-5-6-11-17-13(16)15-9-7-12(8-10-15)14(2,3)4;1-5-15-11(14)13-8-6-10(7-9-13)12(2,3)4;1-5-8-15-11(14)13-7-6-10(9-13)12(2,3)4;1-5-14-10(13)12-7-6-9(8-12)11(2,3)4/h11-12H,4-10H2,1-3H3;11-12H,4-10H2,1-3H3;1,12H,6-11H2,2-4H3;2*10H,5-9H2,1-4H3;9H,5-8H2,1-4H3. The van der Waals surface area contributed by atoms with Gasteiger partial charge in [-0.3, -0.25) is 0 Å². The van der Waals surface area contributed by atoms with Gasteiger partial charge in [-0.1, -0.05) is 132 Å². The maximum Gasteiger partial charge on any atom is 0.410 e. The number of piperidine rings is 4. The summed E-state index contributed by atoms with van der Waals surface area (Å²) in [5.41, 5.74) is 1.99. The zero-order chi connectivity index (χ0) is 72.2. The molecule has 3 unspecified atom stereocenters. The van der Waals surface area contributed by atoms with Gasteiger partial charge < -0.3 is 62.6 Å². The lowest BCUT2D eigenvalue weighted by Crippen LogP contribution is -2.43. The Morgan fingerprint density at radius 2 is 0.646 bits per heavy atom. The highest BCUT2D eigenvalue weighted by Gasteiger charge is 2.38. The largest absolute Gasteiger partial charge is 0.450 e. The first kappa shape index (κ1) is 85.4. The minimum atomic E-state index is -0.215. The number of terminal acetylenes is 1. The molecule has 7 heterocycles. The molecule has 0 radical (unpaired) electrons. The fourth-order valence-corrected chi connectivity index (χ4v) is 13.5. The second kappa shape index (κ2) is 40.4. The summed E-state index contributed by atoms with van der Waals surface area (Å²) in [6.07, 6.45) is 20.9. The fraction of sp³-hybridized carbons (Fsp3) is 0.896. The van der Waals surface area contributed by atoms with Gasteiger partial charge in [-0.2, -0.15) is 0 Å². The lowest BCUT2D eigenvalue weighted by molar-refractivity contribution is 0.0151. The number of carbonyl (C=O) groups excluding carboxylic acids is 6. The highest BCUT2D eigenvalue weighted by Crippen LogP contribution is 2.39. The van der Waals surface area contributed by atoms with Gasteiger partial charge in [0, 0.05) is 91.4 Å². The number of likely N-dealkylation sites (tertiary alicyclic amines) is 6. The van der Waals surface area contributed by atoms with Crippen molar-refractivity contribution in [3.8, 4) is 12.3 Å². The van der Waals surface area contributed by atoms with Crippen molar-refractivity contribution in [2.45, 2.75) is 260 Å². The average molecular weight is 1360 g/mol. The Balaban J connectivity index is 0.000000301. The Hall–Kier alpha value is -4.86. The summed E-state index contributed by atoms with van der Waals surface area (Å²) in [5, 5.41) is 0. The van der Waals surface area contributed by atoms with Gasteiger partial charge >= 0.3 is 36.6 Å². The Morgan fingerprint density at radius 1 is 0.365 bits per heavy atom. The van der Waals surface area contributed by atoms with Crippen LogP contribution in [0.2, 0.25) is 0 Å². The van der Waals surface area contributed by atoms with Crippen LogP contribution in [0.15, 0.2) is 0 Å². The normalized spacial score (nSPS) is 21.9. The van der Waals surface area contributed by atoms with E-state index in [9.17, 15) is 28.8 Å². The van der Waals surface area contributed by atoms with Gasteiger partial charge in [-0.25, -0.2) is 28.8 Å². The molecule has 0 N–H and O–H groups in total. The molecule has 19 nitrogen and oxygen atoms in total. The quantitative estimate of drug-likeness (QED) is 0.127. The summed E-state index contributed by atoms with van der Waals surface area (Å²) in [5.74, 6) is 6.52. The van der Waals surface area contributed by atoms with E-state index in [0.29, 0.717) is 102 Å². The van der Waals surface area contributed by atoms with Crippen molar-refractivity contribution in [2.24, 2.45) is 68.0 Å². The van der Waals surface area contributed by atoms with E-state index in [1.165, 1.54) is 6.42 Å². The summed E-state index contributed by atoms with van der Waals surface area (Å²) >= 11 is 0. The van der Waals surface area contributed by atoms with Crippen molar-refractivity contribution in [3.63, 3.8) is 0 Å². The Bertz CT molecular complexity index is 2310. The van der Waals surface area contributed by atoms with Crippen molar-refractivity contribution in [1.29, 1.82) is 0 Å². The van der Waals surface area contributed by atoms with E-state index < -0.39 is 0 Å². The number of ether oxygens (including phenoxy) is 7. The number of hydrogen-bond donors (Lipinski definition) is 0. The minimum absolute atomic E-state index is 0.0298. The minimum Gasteiger partial charge on any atom is -0.450 e. The van der Waals surface area contributed by atoms with Gasteiger partial charge in [-0.15, -0.1) is 12.3 Å². The van der Waals surface area contributed by atoms with Crippen LogP contribution < -0.4 is 0 Å². The Morgan fingerprint density at radius 3 is 0.917 bits per heavy atom. The summed E-state index contributed by atoms with van der Waals surface area (Å²) in [7, 11) is 0. The maximum absolute atomic E-state index is 12.0. The summed E-state index contributed by atoms with van der Waals surface area (Å²) in [4.78, 5) is 81.0. The summed E-state index contributed by atoms with van der Waals surface area (Å²) < 4.78 is 36.3. The first-order valence-corrected chi connectivity index (χ1v) is 37.3. The van der Waals surface area contributed by atoms with Crippen LogP contribution in [-0.4, -0.2) is 196 Å². The molecule has 0 spiro atoms. The Labute approximate surface area is 584 Å². The summed E-state index contributed by atoms with van der Waals surface area (Å²) in [6.45, 7) is 59.6. The smallest absolute Gasteiger partial charge is 0.410 e. The number of nitrogens with zero attached hydrogens (tertiary/aromatic N) is 6. The second-order valence-corrected chi connectivity index (χ2v) is 34.5. The molecule has 1 aliphatic carbocycles. The van der Waals surface area contributed by atoms with Crippen molar-refractivity contribution in [3.05, 3.63) is 0 Å². The molecule has 0 aromatic rings. The van der Waals surface area contributed by atoms with E-state index >= 15 is 0 Å². The molecule has 3 atom stereocenters. The van der Waals surface area contributed by atoms with E-state index in [0.717, 1.165) is 180 Å². The first-order chi connectivity index (χ1) is 44.7. The van der Waals surface area contributed by atoms with E-state index in [1.807, 2.05) is 45.3 Å². The fourth-order valence-electron chi connectivity index (χ4n) is 13.5. The Kier molecular flexibility index (Phi) is 35.9. The third-order valence-corrected chi connectivity index (χ3v) is 21.2. The van der Waals surface area contributed by atoms with Crippen LogP contribution in [0.25, 0.3) is 0 Å². The van der Waals surface area contributed by atoms with Crippen LogP contribution in [0.4, 0.5) is 28.8 Å². The van der Waals surface area contributed by atoms with Crippen LogP contribution in [0.1, 0.15) is 248 Å². The van der Waals surface area contributed by atoms with Gasteiger partial charge in [0.25, 0.3) is 0 Å². The average Bonchev–Trinajstić information content (AvgIpc) is 1.11. The second-order valence-electron chi connectivity index (χ2n) is 34.5. The van der Waals surface area contributed by atoms with E-state index in [2.05, 4.69) is 131 Å². The molecule has 556 valence electrons.